The molecule has 0 aromatic rings. The predicted octanol–water partition coefficient (Wildman–Crippen LogP) is 2.60. The minimum atomic E-state index is 0.602. The lowest BCUT2D eigenvalue weighted by atomic mass is 10.2. The molecule has 1 rings (SSSR count). The highest BCUT2D eigenvalue weighted by molar-refractivity contribution is 7.99. The van der Waals surface area contributed by atoms with Crippen LogP contribution in [0.15, 0.2) is 0 Å². The van der Waals surface area contributed by atoms with Crippen LogP contribution in [-0.4, -0.2) is 22.7 Å². The fraction of sp³-hybridized carbons (Fsp3) is 1.00. The number of thioether (sulfide) groups is 1. The van der Waals surface area contributed by atoms with Gasteiger partial charge in [-0.1, -0.05) is 19.8 Å². The van der Waals surface area contributed by atoms with Crippen LogP contribution in [0.4, 0.5) is 0 Å². The predicted molar refractivity (Wildman–Crippen MR) is 60.5 cm³/mol. The molecule has 0 spiro atoms. The fourth-order valence-electron chi connectivity index (χ4n) is 1.67. The third-order valence-electron chi connectivity index (χ3n) is 2.55. The maximum absolute atomic E-state index is 5.91. The second-order valence-electron chi connectivity index (χ2n) is 3.77. The largest absolute Gasteiger partial charge is 0.268 e. The van der Waals surface area contributed by atoms with Crippen LogP contribution in [0.1, 0.15) is 45.4 Å². The second kappa shape index (κ2) is 6.68. The Kier molecular flexibility index (Phi) is 5.83. The summed E-state index contributed by atoms with van der Waals surface area (Å²) in [5.74, 6) is 7.19. The van der Waals surface area contributed by atoms with E-state index in [0.717, 1.165) is 6.54 Å². The summed E-state index contributed by atoms with van der Waals surface area (Å²) in [6, 6.07) is 0. The molecule has 1 heterocycles. The minimum absolute atomic E-state index is 0.602. The Balaban J connectivity index is 2.05. The van der Waals surface area contributed by atoms with Crippen molar-refractivity contribution in [2.24, 2.45) is 5.84 Å². The fourth-order valence-corrected chi connectivity index (χ4v) is 2.95. The Hall–Kier alpha value is 0.270. The van der Waals surface area contributed by atoms with Crippen LogP contribution in [0.25, 0.3) is 0 Å². The van der Waals surface area contributed by atoms with E-state index in [1.165, 1.54) is 44.3 Å². The Bertz CT molecular complexity index is 130. The van der Waals surface area contributed by atoms with E-state index in [4.69, 9.17) is 5.84 Å². The summed E-state index contributed by atoms with van der Waals surface area (Å²) in [6.45, 7) is 3.34. The van der Waals surface area contributed by atoms with Crippen LogP contribution < -0.4 is 5.84 Å². The molecule has 1 unspecified atom stereocenters. The summed E-state index contributed by atoms with van der Waals surface area (Å²) >= 11 is 2.05. The zero-order valence-corrected chi connectivity index (χ0v) is 9.48. The molecule has 1 saturated heterocycles. The molecule has 0 aliphatic carbocycles. The van der Waals surface area contributed by atoms with Gasteiger partial charge < -0.3 is 0 Å². The smallest absolute Gasteiger partial charge is 0.0694 e. The number of nitrogens with two attached hydrogens (primary N) is 1. The Morgan fingerprint density at radius 3 is 2.92 bits per heavy atom. The van der Waals surface area contributed by atoms with Crippen molar-refractivity contribution in [2.45, 2.75) is 50.8 Å². The molecule has 2 nitrogen and oxygen atoms in total. The topological polar surface area (TPSA) is 29.3 Å². The van der Waals surface area contributed by atoms with Gasteiger partial charge in [0, 0.05) is 6.54 Å². The summed E-state index contributed by atoms with van der Waals surface area (Å²) in [5.41, 5.74) is 0. The first-order valence-corrected chi connectivity index (χ1v) is 6.52. The van der Waals surface area contributed by atoms with E-state index in [1.54, 1.807) is 0 Å². The van der Waals surface area contributed by atoms with Crippen molar-refractivity contribution in [3.05, 3.63) is 0 Å². The third-order valence-corrected chi connectivity index (χ3v) is 3.96. The van der Waals surface area contributed by atoms with Gasteiger partial charge in [-0.05, 0) is 31.4 Å². The number of hydrazine groups is 1. The molecule has 1 aliphatic rings. The highest BCUT2D eigenvalue weighted by Crippen LogP contribution is 2.24. The molecule has 1 fully saturated rings. The maximum atomic E-state index is 5.91. The summed E-state index contributed by atoms with van der Waals surface area (Å²) in [7, 11) is 0. The summed E-state index contributed by atoms with van der Waals surface area (Å²) in [6.07, 6.45) is 7.96. The second-order valence-corrected chi connectivity index (χ2v) is 5.05. The first-order chi connectivity index (χ1) is 6.34. The Morgan fingerprint density at radius 2 is 2.23 bits per heavy atom. The number of hydrogen-bond acceptors (Lipinski definition) is 3. The van der Waals surface area contributed by atoms with E-state index in [2.05, 4.69) is 6.92 Å². The Morgan fingerprint density at radius 1 is 1.38 bits per heavy atom. The standard InChI is InChI=1S/C10H22N2S/c1-2-3-6-9-13-10-7-4-5-8-12(10)11/h10H,2-9,11H2,1H3. The van der Waals surface area contributed by atoms with Crippen molar-refractivity contribution in [2.75, 3.05) is 12.3 Å². The molecule has 78 valence electrons. The van der Waals surface area contributed by atoms with Crippen LogP contribution in [0, 0.1) is 0 Å². The summed E-state index contributed by atoms with van der Waals surface area (Å²) in [5, 5.41) is 2.63. The van der Waals surface area contributed by atoms with Crippen LogP contribution in [0.5, 0.6) is 0 Å². The Labute approximate surface area is 86.2 Å². The van der Waals surface area contributed by atoms with Crippen LogP contribution in [0.3, 0.4) is 0 Å². The summed E-state index contributed by atoms with van der Waals surface area (Å²) in [4.78, 5) is 0. The number of hydrogen-bond donors (Lipinski definition) is 1. The van der Waals surface area contributed by atoms with Gasteiger partial charge in [-0.3, -0.25) is 5.84 Å². The number of nitrogens with zero attached hydrogens (tertiary/aromatic N) is 1. The first kappa shape index (κ1) is 11.3. The van der Waals surface area contributed by atoms with Gasteiger partial charge in [0.05, 0.1) is 5.37 Å². The molecular weight excluding hydrogens is 180 g/mol. The molecule has 1 aliphatic heterocycles. The average Bonchev–Trinajstić information content (AvgIpc) is 2.15. The molecule has 0 saturated carbocycles. The average molecular weight is 202 g/mol. The van der Waals surface area contributed by atoms with E-state index in [-0.39, 0.29) is 0 Å². The van der Waals surface area contributed by atoms with Crippen molar-refractivity contribution in [1.29, 1.82) is 0 Å². The van der Waals surface area contributed by atoms with Gasteiger partial charge in [-0.2, -0.15) is 0 Å². The first-order valence-electron chi connectivity index (χ1n) is 5.47. The van der Waals surface area contributed by atoms with Crippen molar-refractivity contribution in [3.63, 3.8) is 0 Å². The van der Waals surface area contributed by atoms with Gasteiger partial charge >= 0.3 is 0 Å². The van der Waals surface area contributed by atoms with Gasteiger partial charge in [0.2, 0.25) is 0 Å². The van der Waals surface area contributed by atoms with E-state index >= 15 is 0 Å². The van der Waals surface area contributed by atoms with Gasteiger partial charge in [0.25, 0.3) is 0 Å². The lowest BCUT2D eigenvalue weighted by Crippen LogP contribution is -2.42. The molecule has 0 radical (unpaired) electrons. The number of piperidine rings is 1. The SMILES string of the molecule is CCCCCSC1CCCCN1N. The third kappa shape index (κ3) is 4.34. The lowest BCUT2D eigenvalue weighted by molar-refractivity contribution is 0.211. The molecule has 0 aromatic carbocycles. The molecule has 0 aromatic heterocycles. The normalized spacial score (nSPS) is 24.9. The van der Waals surface area contributed by atoms with Gasteiger partial charge in [-0.15, -0.1) is 11.8 Å². The van der Waals surface area contributed by atoms with Crippen LogP contribution in [-0.2, 0) is 0 Å². The molecule has 0 bridgehead atoms. The number of unbranched alkanes of at least 4 members (excludes halogenated alkanes) is 2. The molecule has 2 N–H and O–H groups in total. The highest BCUT2D eigenvalue weighted by Gasteiger charge is 2.18. The highest BCUT2D eigenvalue weighted by atomic mass is 32.2. The summed E-state index contributed by atoms with van der Waals surface area (Å²) < 4.78 is 0. The molecule has 1 atom stereocenters. The van der Waals surface area contributed by atoms with Crippen molar-refractivity contribution in [1.82, 2.24) is 5.01 Å². The molecule has 0 amide bonds. The van der Waals surface area contributed by atoms with Crippen molar-refractivity contribution >= 4 is 11.8 Å². The maximum Gasteiger partial charge on any atom is 0.0694 e. The van der Waals surface area contributed by atoms with E-state index in [9.17, 15) is 0 Å². The van der Waals surface area contributed by atoms with E-state index in [1.807, 2.05) is 16.8 Å². The van der Waals surface area contributed by atoms with Crippen LogP contribution in [0.2, 0.25) is 0 Å². The minimum Gasteiger partial charge on any atom is -0.268 e. The molecule has 13 heavy (non-hydrogen) atoms. The van der Waals surface area contributed by atoms with Crippen molar-refractivity contribution in [3.8, 4) is 0 Å². The van der Waals surface area contributed by atoms with Gasteiger partial charge in [0.15, 0.2) is 0 Å². The lowest BCUT2D eigenvalue weighted by Gasteiger charge is -2.31. The number of rotatable bonds is 5. The monoisotopic (exact) mass is 202 g/mol. The quantitative estimate of drug-likeness (QED) is 0.549. The van der Waals surface area contributed by atoms with Gasteiger partial charge in [-0.25, -0.2) is 5.01 Å². The van der Waals surface area contributed by atoms with Gasteiger partial charge in [0.1, 0.15) is 0 Å². The zero-order valence-electron chi connectivity index (χ0n) is 8.67. The van der Waals surface area contributed by atoms with E-state index in [0.29, 0.717) is 5.37 Å². The zero-order chi connectivity index (χ0) is 9.52. The van der Waals surface area contributed by atoms with Crippen LogP contribution >= 0.6 is 11.8 Å². The van der Waals surface area contributed by atoms with Crippen molar-refractivity contribution < 1.29 is 0 Å². The molecular formula is C10H22N2S. The van der Waals surface area contributed by atoms with E-state index < -0.39 is 0 Å². The molecule has 3 heteroatoms.